The van der Waals surface area contributed by atoms with Crippen molar-refractivity contribution in [1.29, 1.82) is 0 Å². The third kappa shape index (κ3) is 1.04. The summed E-state index contributed by atoms with van der Waals surface area (Å²) in [5.74, 6) is -0.296. The third-order valence-electron chi connectivity index (χ3n) is 1.73. The van der Waals surface area contributed by atoms with E-state index in [0.717, 1.165) is 18.4 Å². The van der Waals surface area contributed by atoms with Crippen LogP contribution in [0.2, 0.25) is 0 Å². The third-order valence-corrected chi connectivity index (χ3v) is 1.73. The summed E-state index contributed by atoms with van der Waals surface area (Å²) in [6.07, 6.45) is 1.59. The molecule has 0 saturated heterocycles. The Morgan fingerprint density at radius 1 is 1.70 bits per heavy atom. The van der Waals surface area contributed by atoms with Crippen LogP contribution in [0.1, 0.15) is 12.8 Å². The Balaban J connectivity index is 2.64. The van der Waals surface area contributed by atoms with Gasteiger partial charge in [0.1, 0.15) is 0 Å². The molecule has 56 valence electrons. The fourth-order valence-corrected chi connectivity index (χ4v) is 0.971. The van der Waals surface area contributed by atoms with Crippen LogP contribution in [0.4, 0.5) is 0 Å². The highest BCUT2D eigenvalue weighted by Gasteiger charge is 2.22. The van der Waals surface area contributed by atoms with Crippen molar-refractivity contribution >= 4 is 5.97 Å². The topological polar surface area (TPSA) is 46.5 Å². The van der Waals surface area contributed by atoms with Gasteiger partial charge in [-0.15, -0.1) is 0 Å². The highest BCUT2D eigenvalue weighted by Crippen LogP contribution is 2.27. The molecular weight excluding hydrogens is 132 g/mol. The van der Waals surface area contributed by atoms with Crippen LogP contribution in [0.3, 0.4) is 0 Å². The van der Waals surface area contributed by atoms with Crippen LogP contribution < -0.4 is 0 Å². The Hall–Kier alpha value is -0.830. The molecule has 1 aliphatic rings. The Morgan fingerprint density at radius 3 is 2.70 bits per heavy atom. The van der Waals surface area contributed by atoms with Gasteiger partial charge in [-0.2, -0.15) is 0 Å². The molecule has 3 heteroatoms. The van der Waals surface area contributed by atoms with Crippen molar-refractivity contribution in [3.8, 4) is 0 Å². The van der Waals surface area contributed by atoms with Crippen molar-refractivity contribution < 1.29 is 14.6 Å². The molecule has 0 atom stereocenters. The molecular formula is C7H10O3. The lowest BCUT2D eigenvalue weighted by molar-refractivity contribution is -0.136. The van der Waals surface area contributed by atoms with E-state index in [0.29, 0.717) is 5.57 Å². The monoisotopic (exact) mass is 142 g/mol. The molecule has 10 heavy (non-hydrogen) atoms. The van der Waals surface area contributed by atoms with Crippen molar-refractivity contribution in [2.24, 2.45) is 0 Å². The maximum Gasteiger partial charge on any atom is 0.333 e. The van der Waals surface area contributed by atoms with E-state index in [1.54, 1.807) is 0 Å². The lowest BCUT2D eigenvalue weighted by Gasteiger charge is -2.19. The van der Waals surface area contributed by atoms with Crippen LogP contribution >= 0.6 is 0 Å². The van der Waals surface area contributed by atoms with E-state index in [4.69, 9.17) is 5.11 Å². The van der Waals surface area contributed by atoms with Gasteiger partial charge in [-0.05, 0) is 18.4 Å². The Morgan fingerprint density at radius 2 is 2.40 bits per heavy atom. The van der Waals surface area contributed by atoms with E-state index in [2.05, 4.69) is 4.74 Å². The molecule has 0 aromatic heterocycles. The number of rotatable bonds is 2. The number of hydrogen-bond acceptors (Lipinski definition) is 3. The minimum atomic E-state index is -0.296. The minimum absolute atomic E-state index is 0.00949. The molecule has 0 fully saturated rings. The van der Waals surface area contributed by atoms with Crippen LogP contribution in [-0.2, 0) is 9.53 Å². The van der Waals surface area contributed by atoms with Gasteiger partial charge in [-0.1, -0.05) is 0 Å². The second-order valence-corrected chi connectivity index (χ2v) is 2.23. The number of ether oxygens (including phenoxy) is 1. The molecule has 1 N–H and O–H groups in total. The summed E-state index contributed by atoms with van der Waals surface area (Å²) in [4.78, 5) is 10.8. The molecule has 0 bridgehead atoms. The normalized spacial score (nSPS) is 16.6. The van der Waals surface area contributed by atoms with Crippen molar-refractivity contribution in [3.63, 3.8) is 0 Å². The largest absolute Gasteiger partial charge is 0.466 e. The zero-order valence-electron chi connectivity index (χ0n) is 5.89. The van der Waals surface area contributed by atoms with Gasteiger partial charge in [0.25, 0.3) is 0 Å². The fourth-order valence-electron chi connectivity index (χ4n) is 0.971. The fraction of sp³-hybridized carbons (Fsp3) is 0.571. The minimum Gasteiger partial charge on any atom is -0.466 e. The van der Waals surface area contributed by atoms with Crippen molar-refractivity contribution in [2.75, 3.05) is 13.7 Å². The molecule has 0 radical (unpaired) electrons. The molecule has 0 aromatic rings. The van der Waals surface area contributed by atoms with Gasteiger partial charge in [0.15, 0.2) is 0 Å². The summed E-state index contributed by atoms with van der Waals surface area (Å²) < 4.78 is 4.48. The Kier molecular flexibility index (Phi) is 2.06. The lowest BCUT2D eigenvalue weighted by atomic mass is 9.89. The number of aliphatic hydroxyl groups is 1. The molecule has 0 unspecified atom stereocenters. The van der Waals surface area contributed by atoms with Crippen LogP contribution in [0.5, 0.6) is 0 Å². The SMILES string of the molecule is COC(=O)C1=C(CO)CC1. The highest BCUT2D eigenvalue weighted by atomic mass is 16.5. The maximum atomic E-state index is 10.8. The average Bonchev–Trinajstić information content (AvgIpc) is 1.86. The summed E-state index contributed by atoms with van der Waals surface area (Å²) in [5.41, 5.74) is 1.48. The smallest absolute Gasteiger partial charge is 0.333 e. The van der Waals surface area contributed by atoms with Crippen molar-refractivity contribution in [2.45, 2.75) is 12.8 Å². The highest BCUT2D eigenvalue weighted by molar-refractivity contribution is 5.91. The molecule has 0 saturated carbocycles. The van der Waals surface area contributed by atoms with Crippen molar-refractivity contribution in [3.05, 3.63) is 11.1 Å². The number of aliphatic hydroxyl groups excluding tert-OH is 1. The van der Waals surface area contributed by atoms with E-state index in [1.807, 2.05) is 0 Å². The predicted molar refractivity (Wildman–Crippen MR) is 35.4 cm³/mol. The molecule has 0 spiro atoms. The summed E-state index contributed by atoms with van der Waals surface area (Å²) >= 11 is 0. The number of esters is 1. The molecule has 1 rings (SSSR count). The number of hydrogen-bond donors (Lipinski definition) is 1. The molecule has 1 aliphatic carbocycles. The first kappa shape index (κ1) is 7.28. The zero-order valence-corrected chi connectivity index (χ0v) is 5.89. The van der Waals surface area contributed by atoms with Gasteiger partial charge in [-0.25, -0.2) is 4.79 Å². The molecule has 0 aliphatic heterocycles. The number of carbonyl (C=O) groups is 1. The summed E-state index contributed by atoms with van der Waals surface area (Å²) in [5, 5.41) is 8.64. The van der Waals surface area contributed by atoms with Gasteiger partial charge >= 0.3 is 5.97 Å². The van der Waals surface area contributed by atoms with Crippen LogP contribution in [-0.4, -0.2) is 24.8 Å². The van der Waals surface area contributed by atoms with Gasteiger partial charge in [-0.3, -0.25) is 0 Å². The Bertz CT molecular complexity index is 181. The molecule has 0 aromatic carbocycles. The zero-order chi connectivity index (χ0) is 7.56. The van der Waals surface area contributed by atoms with Crippen LogP contribution in [0.15, 0.2) is 11.1 Å². The quantitative estimate of drug-likeness (QED) is 0.562. The Labute approximate surface area is 59.3 Å². The van der Waals surface area contributed by atoms with Gasteiger partial charge in [0.2, 0.25) is 0 Å². The lowest BCUT2D eigenvalue weighted by Crippen LogP contribution is -2.17. The first-order valence-electron chi connectivity index (χ1n) is 3.19. The van der Waals surface area contributed by atoms with E-state index in [1.165, 1.54) is 7.11 Å². The number of carbonyl (C=O) groups excluding carboxylic acids is 1. The van der Waals surface area contributed by atoms with E-state index in [-0.39, 0.29) is 12.6 Å². The summed E-state index contributed by atoms with van der Waals surface area (Å²) in [7, 11) is 1.35. The van der Waals surface area contributed by atoms with Gasteiger partial charge < -0.3 is 9.84 Å². The average molecular weight is 142 g/mol. The van der Waals surface area contributed by atoms with E-state index < -0.39 is 0 Å². The first-order chi connectivity index (χ1) is 4.79. The van der Waals surface area contributed by atoms with Gasteiger partial charge in [0.05, 0.1) is 13.7 Å². The van der Waals surface area contributed by atoms with Crippen LogP contribution in [0, 0.1) is 0 Å². The molecule has 3 nitrogen and oxygen atoms in total. The second-order valence-electron chi connectivity index (χ2n) is 2.23. The standard InChI is InChI=1S/C7H10O3/c1-10-7(9)6-3-2-5(6)4-8/h8H,2-4H2,1H3. The number of methoxy groups -OCH3 is 1. The molecule has 0 heterocycles. The molecule has 0 amide bonds. The maximum absolute atomic E-state index is 10.8. The van der Waals surface area contributed by atoms with E-state index in [9.17, 15) is 4.79 Å². The van der Waals surface area contributed by atoms with Crippen molar-refractivity contribution in [1.82, 2.24) is 0 Å². The van der Waals surface area contributed by atoms with Crippen LogP contribution in [0.25, 0.3) is 0 Å². The second kappa shape index (κ2) is 2.84. The van der Waals surface area contributed by atoms with E-state index >= 15 is 0 Å². The first-order valence-corrected chi connectivity index (χ1v) is 3.19. The summed E-state index contributed by atoms with van der Waals surface area (Å²) in [6.45, 7) is -0.00949. The van der Waals surface area contributed by atoms with Gasteiger partial charge in [0, 0.05) is 5.57 Å². The predicted octanol–water partition coefficient (Wildman–Crippen LogP) is 0.242. The summed E-state index contributed by atoms with van der Waals surface area (Å²) in [6, 6.07) is 0.